The molecule has 1 unspecified atom stereocenters. The van der Waals surface area contributed by atoms with Crippen LogP contribution in [0.25, 0.3) is 0 Å². The lowest BCUT2D eigenvalue weighted by atomic mass is 9.98. The summed E-state index contributed by atoms with van der Waals surface area (Å²) in [5, 5.41) is 3.38. The maximum atomic E-state index is 5.32. The summed E-state index contributed by atoms with van der Waals surface area (Å²) < 4.78 is 11.7. The Bertz CT molecular complexity index is 364. The van der Waals surface area contributed by atoms with Gasteiger partial charge in [0.05, 0.1) is 17.8 Å². The minimum Gasteiger partial charge on any atom is -0.493 e. The van der Waals surface area contributed by atoms with Gasteiger partial charge in [-0.15, -0.1) is 0 Å². The lowest BCUT2D eigenvalue weighted by Crippen LogP contribution is -2.34. The van der Waals surface area contributed by atoms with E-state index >= 15 is 0 Å². The predicted octanol–water partition coefficient (Wildman–Crippen LogP) is 2.34. The molecule has 0 bridgehead atoms. The highest BCUT2D eigenvalue weighted by Gasteiger charge is 2.21. The van der Waals surface area contributed by atoms with Gasteiger partial charge in [-0.05, 0) is 53.3 Å². The molecule has 1 N–H and O–H groups in total. The second-order valence-electron chi connectivity index (χ2n) is 3.53. The molecule has 4 heteroatoms. The minimum atomic E-state index is 0.485. The van der Waals surface area contributed by atoms with Gasteiger partial charge in [0.15, 0.2) is 11.5 Å². The summed E-state index contributed by atoms with van der Waals surface area (Å²) in [6.07, 6.45) is 1.20. The summed E-state index contributed by atoms with van der Waals surface area (Å²) in [5.41, 5.74) is 1.28. The summed E-state index contributed by atoms with van der Waals surface area (Å²) in [7, 11) is 3.34. The molecule has 15 heavy (non-hydrogen) atoms. The first-order chi connectivity index (χ1) is 7.26. The molecule has 0 radical (unpaired) electrons. The minimum absolute atomic E-state index is 0.485. The van der Waals surface area contributed by atoms with E-state index in [0.717, 1.165) is 21.6 Å². The van der Waals surface area contributed by atoms with Gasteiger partial charge in [-0.2, -0.15) is 0 Å². The first-order valence-corrected chi connectivity index (χ1v) is 5.99. The first kappa shape index (κ1) is 11.0. The lowest BCUT2D eigenvalue weighted by Gasteiger charge is -2.28. The van der Waals surface area contributed by atoms with Crippen LogP contribution in [0.1, 0.15) is 18.0 Å². The summed E-state index contributed by atoms with van der Waals surface area (Å²) in [5.74, 6) is 1.63. The van der Waals surface area contributed by atoms with E-state index in [2.05, 4.69) is 40.0 Å². The van der Waals surface area contributed by atoms with E-state index in [1.165, 1.54) is 12.0 Å². The first-order valence-electron chi connectivity index (χ1n) is 4.91. The Labute approximate surface area is 103 Å². The second-order valence-corrected chi connectivity index (χ2v) is 4.70. The van der Waals surface area contributed by atoms with Crippen molar-refractivity contribution >= 4 is 22.6 Å². The van der Waals surface area contributed by atoms with Crippen molar-refractivity contribution in [3.63, 3.8) is 0 Å². The SMILES string of the molecule is COc1cc(C2CCN2)cc(I)c1OC. The number of halogens is 1. The van der Waals surface area contributed by atoms with Gasteiger partial charge < -0.3 is 14.8 Å². The van der Waals surface area contributed by atoms with E-state index in [0.29, 0.717) is 6.04 Å². The van der Waals surface area contributed by atoms with Gasteiger partial charge in [0.1, 0.15) is 0 Å². The number of ether oxygens (including phenoxy) is 2. The molecule has 1 aliphatic rings. The Kier molecular flexibility index (Phi) is 3.35. The van der Waals surface area contributed by atoms with Crippen LogP contribution in [-0.2, 0) is 0 Å². The Morgan fingerprint density at radius 3 is 2.53 bits per heavy atom. The van der Waals surface area contributed by atoms with Crippen LogP contribution in [-0.4, -0.2) is 20.8 Å². The lowest BCUT2D eigenvalue weighted by molar-refractivity contribution is 0.347. The highest BCUT2D eigenvalue weighted by Crippen LogP contribution is 2.36. The third-order valence-electron chi connectivity index (χ3n) is 2.68. The van der Waals surface area contributed by atoms with Gasteiger partial charge in [0.2, 0.25) is 0 Å². The topological polar surface area (TPSA) is 30.5 Å². The van der Waals surface area contributed by atoms with Crippen LogP contribution in [0.4, 0.5) is 0 Å². The largest absolute Gasteiger partial charge is 0.493 e. The third-order valence-corrected chi connectivity index (χ3v) is 3.48. The van der Waals surface area contributed by atoms with Crippen LogP contribution in [0.3, 0.4) is 0 Å². The number of hydrogen-bond donors (Lipinski definition) is 1. The molecule has 1 aromatic carbocycles. The summed E-state index contributed by atoms with van der Waals surface area (Å²) in [4.78, 5) is 0. The van der Waals surface area contributed by atoms with E-state index in [1.54, 1.807) is 14.2 Å². The molecule has 0 aromatic heterocycles. The molecule has 0 aliphatic carbocycles. The van der Waals surface area contributed by atoms with E-state index in [-0.39, 0.29) is 0 Å². The van der Waals surface area contributed by atoms with Crippen LogP contribution in [0, 0.1) is 3.57 Å². The quantitative estimate of drug-likeness (QED) is 0.868. The molecular formula is C11H14INO2. The van der Waals surface area contributed by atoms with Crippen molar-refractivity contribution in [1.82, 2.24) is 5.32 Å². The average molecular weight is 319 g/mol. The van der Waals surface area contributed by atoms with Crippen molar-refractivity contribution in [2.24, 2.45) is 0 Å². The molecule has 3 nitrogen and oxygen atoms in total. The van der Waals surface area contributed by atoms with Crippen molar-refractivity contribution in [1.29, 1.82) is 0 Å². The van der Waals surface area contributed by atoms with Crippen molar-refractivity contribution in [3.05, 3.63) is 21.3 Å². The predicted molar refractivity (Wildman–Crippen MR) is 67.6 cm³/mol. The van der Waals surface area contributed by atoms with Crippen LogP contribution >= 0.6 is 22.6 Å². The third kappa shape index (κ3) is 2.06. The number of methoxy groups -OCH3 is 2. The highest BCUT2D eigenvalue weighted by atomic mass is 127. The molecular weight excluding hydrogens is 305 g/mol. The fourth-order valence-electron chi connectivity index (χ4n) is 1.71. The Balaban J connectivity index is 2.37. The molecule has 0 amide bonds. The average Bonchev–Trinajstić information content (AvgIpc) is 2.14. The molecule has 1 aromatic rings. The monoisotopic (exact) mass is 319 g/mol. The zero-order chi connectivity index (χ0) is 10.8. The fourth-order valence-corrected chi connectivity index (χ4v) is 2.56. The summed E-state index contributed by atoms with van der Waals surface area (Å²) >= 11 is 2.28. The molecule has 2 rings (SSSR count). The van der Waals surface area contributed by atoms with Crippen molar-refractivity contribution in [2.75, 3.05) is 20.8 Å². The molecule has 0 saturated carbocycles. The van der Waals surface area contributed by atoms with Crippen molar-refractivity contribution in [3.8, 4) is 11.5 Å². The number of hydrogen-bond acceptors (Lipinski definition) is 3. The number of nitrogens with one attached hydrogen (secondary N) is 1. The molecule has 1 saturated heterocycles. The zero-order valence-corrected chi connectivity index (χ0v) is 11.0. The number of benzene rings is 1. The molecule has 1 fully saturated rings. The van der Waals surface area contributed by atoms with Gasteiger partial charge in [0, 0.05) is 6.04 Å². The van der Waals surface area contributed by atoms with Crippen LogP contribution < -0.4 is 14.8 Å². The molecule has 82 valence electrons. The van der Waals surface area contributed by atoms with Gasteiger partial charge >= 0.3 is 0 Å². The highest BCUT2D eigenvalue weighted by molar-refractivity contribution is 14.1. The Morgan fingerprint density at radius 1 is 1.33 bits per heavy atom. The second kappa shape index (κ2) is 4.57. The van der Waals surface area contributed by atoms with Gasteiger partial charge in [-0.1, -0.05) is 0 Å². The standard InChI is InChI=1S/C11H14INO2/c1-14-10-6-7(9-3-4-13-9)5-8(12)11(10)15-2/h5-6,9,13H,3-4H2,1-2H3. The van der Waals surface area contributed by atoms with Gasteiger partial charge in [-0.25, -0.2) is 0 Å². The van der Waals surface area contributed by atoms with Crippen molar-refractivity contribution < 1.29 is 9.47 Å². The van der Waals surface area contributed by atoms with E-state index in [1.807, 2.05) is 0 Å². The van der Waals surface area contributed by atoms with E-state index < -0.39 is 0 Å². The Morgan fingerprint density at radius 2 is 2.07 bits per heavy atom. The fraction of sp³-hybridized carbons (Fsp3) is 0.455. The van der Waals surface area contributed by atoms with E-state index in [4.69, 9.17) is 9.47 Å². The molecule has 0 spiro atoms. The van der Waals surface area contributed by atoms with E-state index in [9.17, 15) is 0 Å². The zero-order valence-electron chi connectivity index (χ0n) is 8.84. The smallest absolute Gasteiger partial charge is 0.174 e. The van der Waals surface area contributed by atoms with Crippen molar-refractivity contribution in [2.45, 2.75) is 12.5 Å². The summed E-state index contributed by atoms with van der Waals surface area (Å²) in [6, 6.07) is 4.69. The van der Waals surface area contributed by atoms with Gasteiger partial charge in [0.25, 0.3) is 0 Å². The number of rotatable bonds is 3. The van der Waals surface area contributed by atoms with Crippen LogP contribution in [0.15, 0.2) is 12.1 Å². The molecule has 1 aliphatic heterocycles. The van der Waals surface area contributed by atoms with Crippen LogP contribution in [0.5, 0.6) is 11.5 Å². The maximum Gasteiger partial charge on any atom is 0.174 e. The summed E-state index contributed by atoms with van der Waals surface area (Å²) in [6.45, 7) is 1.11. The van der Waals surface area contributed by atoms with Crippen LogP contribution in [0.2, 0.25) is 0 Å². The van der Waals surface area contributed by atoms with Gasteiger partial charge in [-0.3, -0.25) is 0 Å². The Hall–Kier alpha value is -0.490. The molecule has 1 heterocycles. The molecule has 1 atom stereocenters. The normalized spacial score (nSPS) is 19.5. The maximum absolute atomic E-state index is 5.32.